The fraction of sp³-hybridized carbons (Fsp3) is 0.0233. The number of rotatable bonds is 4. The van der Waals surface area contributed by atoms with Crippen molar-refractivity contribution in [1.29, 1.82) is 0 Å². The van der Waals surface area contributed by atoms with Gasteiger partial charge in [0.25, 0.3) is 0 Å². The van der Waals surface area contributed by atoms with Crippen molar-refractivity contribution < 1.29 is 4.42 Å². The zero-order valence-electron chi connectivity index (χ0n) is 25.4. The minimum Gasteiger partial charge on any atom is -0.454 e. The third-order valence-corrected chi connectivity index (χ3v) is 10.8. The van der Waals surface area contributed by atoms with Gasteiger partial charge in [0, 0.05) is 33.3 Å². The summed E-state index contributed by atoms with van der Waals surface area (Å²) in [6.07, 6.45) is 4.26. The molecule has 10 rings (SSSR count). The van der Waals surface area contributed by atoms with Gasteiger partial charge in [-0.25, -0.2) is 0 Å². The van der Waals surface area contributed by atoms with Gasteiger partial charge >= 0.3 is 0 Å². The third kappa shape index (κ3) is 4.05. The first-order valence-corrected chi connectivity index (χ1v) is 16.8. The quantitative estimate of drug-likeness (QED) is 0.198. The number of para-hydroxylation sites is 2. The van der Waals surface area contributed by atoms with E-state index in [1.807, 2.05) is 17.4 Å². The van der Waals surface area contributed by atoms with Gasteiger partial charge in [-0.3, -0.25) is 0 Å². The van der Waals surface area contributed by atoms with Gasteiger partial charge in [-0.2, -0.15) is 0 Å². The minimum absolute atomic E-state index is 0.845. The molecule has 0 unspecified atom stereocenters. The summed E-state index contributed by atoms with van der Waals surface area (Å²) in [5.74, 6) is 0. The fourth-order valence-corrected chi connectivity index (χ4v) is 8.60. The molecule has 2 aromatic heterocycles. The van der Waals surface area contributed by atoms with E-state index in [4.69, 9.17) is 4.42 Å². The van der Waals surface area contributed by atoms with E-state index in [1.165, 1.54) is 53.2 Å². The standard InChI is InChI=1S/C43H28N2OS/c1-2-10-30-28(9-1)25-37(32-12-4-3-11-31(30)32)27-19-21-29(22-20-27)45(38-16-7-14-35-33-13-5-6-18-40(33)46-42(35)38)39-17-8-15-36-34-23-24-44-26-41(34)47-43(36)39/h1-25,44H,26H2. The van der Waals surface area contributed by atoms with Crippen LogP contribution < -0.4 is 10.2 Å². The van der Waals surface area contributed by atoms with Crippen molar-refractivity contribution in [3.8, 4) is 11.1 Å². The smallest absolute Gasteiger partial charge is 0.159 e. The van der Waals surface area contributed by atoms with Crippen LogP contribution in [0.25, 0.3) is 70.8 Å². The van der Waals surface area contributed by atoms with E-state index in [0.29, 0.717) is 0 Å². The number of hydrogen-bond acceptors (Lipinski definition) is 4. The maximum absolute atomic E-state index is 6.62. The molecule has 1 aliphatic rings. The monoisotopic (exact) mass is 620 g/mol. The molecule has 0 saturated carbocycles. The Hall–Kier alpha value is -5.84. The summed E-state index contributed by atoms with van der Waals surface area (Å²) in [6.45, 7) is 0.845. The minimum atomic E-state index is 0.845. The van der Waals surface area contributed by atoms with E-state index in [9.17, 15) is 0 Å². The predicted molar refractivity (Wildman–Crippen MR) is 200 cm³/mol. The van der Waals surface area contributed by atoms with Crippen LogP contribution in [-0.4, -0.2) is 0 Å². The second-order valence-electron chi connectivity index (χ2n) is 12.1. The number of anilines is 3. The highest BCUT2D eigenvalue weighted by Gasteiger charge is 2.23. The topological polar surface area (TPSA) is 28.4 Å². The second kappa shape index (κ2) is 10.3. The van der Waals surface area contributed by atoms with Crippen molar-refractivity contribution in [3.05, 3.63) is 156 Å². The summed E-state index contributed by atoms with van der Waals surface area (Å²) in [5.41, 5.74) is 8.78. The second-order valence-corrected chi connectivity index (χ2v) is 13.2. The average Bonchev–Trinajstić information content (AvgIpc) is 3.71. The molecule has 0 amide bonds. The molecule has 0 aliphatic carbocycles. The molecule has 9 aromatic rings. The van der Waals surface area contributed by atoms with Crippen LogP contribution in [0, 0.1) is 0 Å². The maximum Gasteiger partial charge on any atom is 0.159 e. The largest absolute Gasteiger partial charge is 0.454 e. The number of fused-ring (bicyclic) bond motifs is 9. The zero-order valence-corrected chi connectivity index (χ0v) is 26.2. The van der Waals surface area contributed by atoms with Gasteiger partial charge in [-0.05, 0) is 86.9 Å². The summed E-state index contributed by atoms with van der Waals surface area (Å²) in [4.78, 5) is 3.74. The summed E-state index contributed by atoms with van der Waals surface area (Å²) in [5, 5.41) is 12.0. The van der Waals surface area contributed by atoms with Crippen molar-refractivity contribution in [2.45, 2.75) is 6.54 Å². The SMILES string of the molecule is C1=Cc2c(sc3c(N(c4ccc(-c5cc6ccccc6c6ccccc56)cc4)c4cccc5c4oc4ccccc45)cccc23)CN1. The Morgan fingerprint density at radius 1 is 0.596 bits per heavy atom. The van der Waals surface area contributed by atoms with Gasteiger partial charge < -0.3 is 14.6 Å². The van der Waals surface area contributed by atoms with Crippen LogP contribution in [0.1, 0.15) is 10.4 Å². The van der Waals surface area contributed by atoms with E-state index in [1.54, 1.807) is 0 Å². The average molecular weight is 621 g/mol. The Labute approximate surface area is 275 Å². The van der Waals surface area contributed by atoms with E-state index in [2.05, 4.69) is 156 Å². The molecule has 47 heavy (non-hydrogen) atoms. The van der Waals surface area contributed by atoms with Gasteiger partial charge in [0.05, 0.1) is 16.1 Å². The first kappa shape index (κ1) is 26.4. The highest BCUT2D eigenvalue weighted by atomic mass is 32.1. The molecular formula is C43H28N2OS. The van der Waals surface area contributed by atoms with Crippen molar-refractivity contribution in [3.63, 3.8) is 0 Å². The number of hydrogen-bond donors (Lipinski definition) is 1. The lowest BCUT2D eigenvalue weighted by Crippen LogP contribution is -2.10. The Kier molecular flexibility index (Phi) is 5.81. The van der Waals surface area contributed by atoms with Crippen LogP contribution in [0.15, 0.2) is 150 Å². The lowest BCUT2D eigenvalue weighted by molar-refractivity contribution is 0.669. The van der Waals surface area contributed by atoms with Gasteiger partial charge in [0.2, 0.25) is 0 Å². The molecule has 0 radical (unpaired) electrons. The number of nitrogens with zero attached hydrogens (tertiary/aromatic N) is 1. The first-order valence-electron chi connectivity index (χ1n) is 16.0. The van der Waals surface area contributed by atoms with E-state index in [-0.39, 0.29) is 0 Å². The highest BCUT2D eigenvalue weighted by Crippen LogP contribution is 2.48. The van der Waals surface area contributed by atoms with Crippen molar-refractivity contribution in [2.75, 3.05) is 4.90 Å². The van der Waals surface area contributed by atoms with E-state index < -0.39 is 0 Å². The van der Waals surface area contributed by atoms with Gasteiger partial charge in [-0.1, -0.05) is 103 Å². The number of furan rings is 1. The molecule has 3 heterocycles. The molecule has 1 aliphatic heterocycles. The molecule has 0 fully saturated rings. The molecular weight excluding hydrogens is 593 g/mol. The molecule has 7 aromatic carbocycles. The highest BCUT2D eigenvalue weighted by molar-refractivity contribution is 7.20. The number of nitrogens with one attached hydrogen (secondary N) is 1. The Morgan fingerprint density at radius 3 is 2.17 bits per heavy atom. The molecule has 1 N–H and O–H groups in total. The predicted octanol–water partition coefficient (Wildman–Crippen LogP) is 12.3. The van der Waals surface area contributed by atoms with Crippen molar-refractivity contribution in [1.82, 2.24) is 5.32 Å². The van der Waals surface area contributed by atoms with Crippen molar-refractivity contribution in [2.24, 2.45) is 0 Å². The van der Waals surface area contributed by atoms with Gasteiger partial charge in [0.1, 0.15) is 5.58 Å². The van der Waals surface area contributed by atoms with Gasteiger partial charge in [0.15, 0.2) is 5.58 Å². The van der Waals surface area contributed by atoms with Crippen molar-refractivity contribution >= 4 is 88.0 Å². The first-order chi connectivity index (χ1) is 23.3. The van der Waals surface area contributed by atoms with Crippen LogP contribution in [0.5, 0.6) is 0 Å². The van der Waals surface area contributed by atoms with Crippen LogP contribution in [-0.2, 0) is 6.54 Å². The van der Waals surface area contributed by atoms with Crippen LogP contribution in [0.3, 0.4) is 0 Å². The molecule has 0 saturated heterocycles. The molecule has 222 valence electrons. The lowest BCUT2D eigenvalue weighted by atomic mass is 9.93. The maximum atomic E-state index is 6.62. The summed E-state index contributed by atoms with van der Waals surface area (Å²) < 4.78 is 7.89. The van der Waals surface area contributed by atoms with Gasteiger partial charge in [-0.15, -0.1) is 11.3 Å². The normalized spacial score (nSPS) is 12.7. The third-order valence-electron chi connectivity index (χ3n) is 9.51. The van der Waals surface area contributed by atoms with E-state index >= 15 is 0 Å². The summed E-state index contributed by atoms with van der Waals surface area (Å²) >= 11 is 1.87. The van der Waals surface area contributed by atoms with E-state index in [0.717, 1.165) is 45.5 Å². The number of thiophene rings is 1. The fourth-order valence-electron chi connectivity index (χ4n) is 7.36. The zero-order chi connectivity index (χ0) is 30.9. The molecule has 3 nitrogen and oxygen atoms in total. The van der Waals surface area contributed by atoms with Crippen LogP contribution >= 0.6 is 11.3 Å². The molecule has 0 bridgehead atoms. The number of benzene rings is 7. The van der Waals surface area contributed by atoms with Crippen LogP contribution in [0.2, 0.25) is 0 Å². The lowest BCUT2D eigenvalue weighted by Gasteiger charge is -2.26. The molecule has 0 atom stereocenters. The summed E-state index contributed by atoms with van der Waals surface area (Å²) in [7, 11) is 0. The Morgan fingerprint density at radius 2 is 1.30 bits per heavy atom. The Bertz CT molecular complexity index is 2700. The molecule has 4 heteroatoms. The van der Waals surface area contributed by atoms with Crippen LogP contribution in [0.4, 0.5) is 17.1 Å². The Balaban J connectivity index is 1.20. The molecule has 0 spiro atoms. The summed E-state index contributed by atoms with van der Waals surface area (Å²) in [6, 6.07) is 50.3.